The third kappa shape index (κ3) is 2.53. The average Bonchev–Trinajstić information content (AvgIpc) is 2.93. The summed E-state index contributed by atoms with van der Waals surface area (Å²) in [5, 5.41) is 9.16. The van der Waals surface area contributed by atoms with Crippen LogP contribution in [-0.2, 0) is 6.61 Å². The van der Waals surface area contributed by atoms with Crippen molar-refractivity contribution in [3.63, 3.8) is 0 Å². The molecule has 0 amide bonds. The van der Waals surface area contributed by atoms with Crippen LogP contribution in [0.2, 0.25) is 0 Å². The minimum absolute atomic E-state index is 0.0873. The van der Waals surface area contributed by atoms with Crippen molar-refractivity contribution in [1.82, 2.24) is 4.98 Å². The van der Waals surface area contributed by atoms with E-state index in [0.29, 0.717) is 0 Å². The minimum atomic E-state index is 0.0873. The largest absolute Gasteiger partial charge is 0.392 e. The van der Waals surface area contributed by atoms with Crippen molar-refractivity contribution in [2.75, 3.05) is 18.5 Å². The zero-order valence-corrected chi connectivity index (χ0v) is 10.3. The van der Waals surface area contributed by atoms with E-state index in [-0.39, 0.29) is 6.61 Å². The highest BCUT2D eigenvalue weighted by molar-refractivity contribution is 5.42. The van der Waals surface area contributed by atoms with Crippen LogP contribution in [0.3, 0.4) is 0 Å². The van der Waals surface area contributed by atoms with Crippen LogP contribution in [0.15, 0.2) is 12.1 Å². The van der Waals surface area contributed by atoms with E-state index >= 15 is 0 Å². The first-order chi connectivity index (χ1) is 7.60. The molecule has 16 heavy (non-hydrogen) atoms. The van der Waals surface area contributed by atoms with Crippen LogP contribution in [-0.4, -0.2) is 23.7 Å². The number of aromatic nitrogens is 1. The first-order valence-electron chi connectivity index (χ1n) is 5.89. The summed E-state index contributed by atoms with van der Waals surface area (Å²) in [6.07, 6.45) is 1.34. The molecular formula is C13H20N2O. The summed E-state index contributed by atoms with van der Waals surface area (Å²) in [7, 11) is 2.08. The molecule has 2 atom stereocenters. The molecule has 1 fully saturated rings. The van der Waals surface area contributed by atoms with E-state index < -0.39 is 0 Å². The van der Waals surface area contributed by atoms with Gasteiger partial charge in [0, 0.05) is 19.3 Å². The third-order valence-electron chi connectivity index (χ3n) is 3.36. The van der Waals surface area contributed by atoms with Crippen LogP contribution in [0.4, 0.5) is 5.82 Å². The Bertz CT molecular complexity index is 378. The van der Waals surface area contributed by atoms with Gasteiger partial charge >= 0.3 is 0 Å². The standard InChI is InChI=1S/C13H20N2O/c1-9-4-12(9)7-15(3)13-6-11(8-16)5-10(2)14-13/h5-6,9,12,16H,4,7-8H2,1-3H3. The number of aliphatic hydroxyl groups is 1. The number of nitrogens with zero attached hydrogens (tertiary/aromatic N) is 2. The average molecular weight is 220 g/mol. The summed E-state index contributed by atoms with van der Waals surface area (Å²) in [6, 6.07) is 3.90. The maximum atomic E-state index is 9.16. The van der Waals surface area contributed by atoms with Crippen LogP contribution in [0.25, 0.3) is 0 Å². The molecule has 3 nitrogen and oxygen atoms in total. The zero-order valence-electron chi connectivity index (χ0n) is 10.3. The Morgan fingerprint density at radius 2 is 2.19 bits per heavy atom. The first-order valence-corrected chi connectivity index (χ1v) is 5.89. The van der Waals surface area contributed by atoms with Gasteiger partial charge in [0.25, 0.3) is 0 Å². The van der Waals surface area contributed by atoms with E-state index in [1.165, 1.54) is 6.42 Å². The van der Waals surface area contributed by atoms with E-state index in [1.807, 2.05) is 19.1 Å². The predicted molar refractivity (Wildman–Crippen MR) is 65.4 cm³/mol. The van der Waals surface area contributed by atoms with E-state index in [2.05, 4.69) is 23.9 Å². The Balaban J connectivity index is 2.09. The summed E-state index contributed by atoms with van der Waals surface area (Å²) in [6.45, 7) is 5.42. The van der Waals surface area contributed by atoms with Gasteiger partial charge in [-0.3, -0.25) is 0 Å². The Labute approximate surface area is 97.1 Å². The number of anilines is 1. The maximum absolute atomic E-state index is 9.16. The molecule has 1 saturated carbocycles. The van der Waals surface area contributed by atoms with E-state index in [9.17, 15) is 0 Å². The molecular weight excluding hydrogens is 200 g/mol. The normalized spacial score (nSPS) is 23.2. The van der Waals surface area contributed by atoms with Gasteiger partial charge in [0.05, 0.1) is 6.61 Å². The van der Waals surface area contributed by atoms with Gasteiger partial charge in [0.15, 0.2) is 0 Å². The minimum Gasteiger partial charge on any atom is -0.392 e. The van der Waals surface area contributed by atoms with Gasteiger partial charge in [-0.15, -0.1) is 0 Å². The van der Waals surface area contributed by atoms with Crippen molar-refractivity contribution >= 4 is 5.82 Å². The molecule has 0 radical (unpaired) electrons. The Morgan fingerprint density at radius 1 is 1.50 bits per heavy atom. The van der Waals surface area contributed by atoms with Gasteiger partial charge in [-0.25, -0.2) is 4.98 Å². The molecule has 1 aromatic rings. The summed E-state index contributed by atoms with van der Waals surface area (Å²) >= 11 is 0. The monoisotopic (exact) mass is 220 g/mol. The molecule has 1 heterocycles. The summed E-state index contributed by atoms with van der Waals surface area (Å²) < 4.78 is 0. The lowest BCUT2D eigenvalue weighted by molar-refractivity contribution is 0.281. The van der Waals surface area contributed by atoms with Gasteiger partial charge in [0.2, 0.25) is 0 Å². The van der Waals surface area contributed by atoms with Crippen molar-refractivity contribution in [2.45, 2.75) is 26.9 Å². The summed E-state index contributed by atoms with van der Waals surface area (Å²) in [5.41, 5.74) is 1.91. The van der Waals surface area contributed by atoms with Crippen LogP contribution in [0, 0.1) is 18.8 Å². The molecule has 0 bridgehead atoms. The second-order valence-corrected chi connectivity index (χ2v) is 4.99. The highest BCUT2D eigenvalue weighted by Crippen LogP contribution is 2.38. The molecule has 1 aliphatic carbocycles. The highest BCUT2D eigenvalue weighted by atomic mass is 16.3. The van der Waals surface area contributed by atoms with Crippen molar-refractivity contribution in [2.24, 2.45) is 11.8 Å². The predicted octanol–water partition coefficient (Wildman–Crippen LogP) is 1.97. The molecule has 2 rings (SSSR count). The van der Waals surface area contributed by atoms with Gasteiger partial charge in [-0.1, -0.05) is 6.92 Å². The topological polar surface area (TPSA) is 36.4 Å². The molecule has 0 aliphatic heterocycles. The van der Waals surface area contributed by atoms with Gasteiger partial charge in [-0.05, 0) is 42.9 Å². The van der Waals surface area contributed by atoms with Crippen LogP contribution in [0.5, 0.6) is 0 Å². The molecule has 0 aromatic carbocycles. The smallest absolute Gasteiger partial charge is 0.128 e. The van der Waals surface area contributed by atoms with Crippen LogP contribution < -0.4 is 4.90 Å². The fraction of sp³-hybridized carbons (Fsp3) is 0.615. The molecule has 1 N–H and O–H groups in total. The second-order valence-electron chi connectivity index (χ2n) is 4.99. The van der Waals surface area contributed by atoms with Crippen LogP contribution >= 0.6 is 0 Å². The van der Waals surface area contributed by atoms with Crippen molar-refractivity contribution in [3.05, 3.63) is 23.4 Å². The Hall–Kier alpha value is -1.09. The number of aliphatic hydroxyl groups excluding tert-OH is 1. The molecule has 3 heteroatoms. The van der Waals surface area contributed by atoms with E-state index in [1.54, 1.807) is 0 Å². The van der Waals surface area contributed by atoms with Gasteiger partial charge in [-0.2, -0.15) is 0 Å². The third-order valence-corrected chi connectivity index (χ3v) is 3.36. The van der Waals surface area contributed by atoms with E-state index in [4.69, 9.17) is 5.11 Å². The van der Waals surface area contributed by atoms with Crippen LogP contribution in [0.1, 0.15) is 24.6 Å². The lowest BCUT2D eigenvalue weighted by Gasteiger charge is -2.19. The maximum Gasteiger partial charge on any atom is 0.128 e. The number of aryl methyl sites for hydroxylation is 1. The number of hydrogen-bond acceptors (Lipinski definition) is 3. The molecule has 1 aromatic heterocycles. The quantitative estimate of drug-likeness (QED) is 0.843. The first kappa shape index (κ1) is 11.4. The van der Waals surface area contributed by atoms with Gasteiger partial charge in [0.1, 0.15) is 5.82 Å². The zero-order chi connectivity index (χ0) is 11.7. The Kier molecular flexibility index (Phi) is 3.15. The molecule has 88 valence electrons. The molecule has 0 saturated heterocycles. The number of hydrogen-bond donors (Lipinski definition) is 1. The lowest BCUT2D eigenvalue weighted by Crippen LogP contribution is -2.22. The molecule has 1 aliphatic rings. The second kappa shape index (κ2) is 4.42. The lowest BCUT2D eigenvalue weighted by atomic mass is 10.2. The highest BCUT2D eigenvalue weighted by Gasteiger charge is 2.33. The van der Waals surface area contributed by atoms with Crippen molar-refractivity contribution in [1.29, 1.82) is 0 Å². The fourth-order valence-electron chi connectivity index (χ4n) is 2.11. The SMILES string of the molecule is Cc1cc(CO)cc(N(C)CC2CC2C)n1. The molecule has 2 unspecified atom stereocenters. The van der Waals surface area contributed by atoms with E-state index in [0.717, 1.165) is 35.5 Å². The molecule has 0 spiro atoms. The number of rotatable bonds is 4. The summed E-state index contributed by atoms with van der Waals surface area (Å²) in [4.78, 5) is 6.70. The van der Waals surface area contributed by atoms with Crippen molar-refractivity contribution in [3.8, 4) is 0 Å². The fourth-order valence-corrected chi connectivity index (χ4v) is 2.11. The number of pyridine rings is 1. The van der Waals surface area contributed by atoms with Crippen molar-refractivity contribution < 1.29 is 5.11 Å². The summed E-state index contributed by atoms with van der Waals surface area (Å²) in [5.74, 6) is 2.66. The van der Waals surface area contributed by atoms with Gasteiger partial charge < -0.3 is 10.0 Å². The Morgan fingerprint density at radius 3 is 2.75 bits per heavy atom.